The number of para-hydroxylation sites is 1. The van der Waals surface area contributed by atoms with Crippen molar-refractivity contribution in [2.75, 3.05) is 4.90 Å². The van der Waals surface area contributed by atoms with Crippen LogP contribution in [0, 0.1) is 0 Å². The number of aromatic carboxylic acids is 1. The molecular formula is C26H25F3N4O5. The smallest absolute Gasteiger partial charge is 0.476 e. The SMILES string of the molecule is O=C(O)c1cncc(N2[C@@H]3CC[C@H]2CC(OCc2c(-c4ccccc4OC(F)(F)F)noc2C2CC2)C3)n1. The third-order valence-corrected chi connectivity index (χ3v) is 7.39. The Morgan fingerprint density at radius 1 is 1.11 bits per heavy atom. The van der Waals surface area contributed by atoms with Crippen LogP contribution in [0.15, 0.2) is 41.2 Å². The second kappa shape index (κ2) is 9.57. The van der Waals surface area contributed by atoms with Gasteiger partial charge >= 0.3 is 12.3 Å². The zero-order valence-electron chi connectivity index (χ0n) is 20.2. The van der Waals surface area contributed by atoms with Gasteiger partial charge in [0.1, 0.15) is 23.0 Å². The summed E-state index contributed by atoms with van der Waals surface area (Å²) in [5.41, 5.74) is 1.06. The molecule has 2 aliphatic heterocycles. The molecule has 3 aromatic rings. The zero-order chi connectivity index (χ0) is 26.4. The molecule has 6 rings (SSSR count). The first-order valence-corrected chi connectivity index (χ1v) is 12.6. The summed E-state index contributed by atoms with van der Waals surface area (Å²) in [6.45, 7) is 0.156. The average molecular weight is 531 g/mol. The van der Waals surface area contributed by atoms with Crippen LogP contribution in [0.3, 0.4) is 0 Å². The molecule has 1 aromatic carbocycles. The molecule has 1 N–H and O–H groups in total. The maximum absolute atomic E-state index is 13.0. The summed E-state index contributed by atoms with van der Waals surface area (Å²) in [6, 6.07) is 6.15. The molecule has 3 aliphatic rings. The highest BCUT2D eigenvalue weighted by atomic mass is 19.4. The summed E-state index contributed by atoms with van der Waals surface area (Å²) in [5, 5.41) is 13.4. The van der Waals surface area contributed by atoms with E-state index in [9.17, 15) is 23.1 Å². The van der Waals surface area contributed by atoms with E-state index in [0.717, 1.165) is 25.7 Å². The van der Waals surface area contributed by atoms with Gasteiger partial charge in [-0.1, -0.05) is 17.3 Å². The Hall–Kier alpha value is -3.67. The van der Waals surface area contributed by atoms with Gasteiger partial charge < -0.3 is 24.0 Å². The molecule has 2 aromatic heterocycles. The van der Waals surface area contributed by atoms with Gasteiger partial charge in [0.25, 0.3) is 0 Å². The monoisotopic (exact) mass is 530 g/mol. The van der Waals surface area contributed by atoms with Gasteiger partial charge in [0.05, 0.1) is 25.1 Å². The van der Waals surface area contributed by atoms with Gasteiger partial charge in [0.2, 0.25) is 0 Å². The van der Waals surface area contributed by atoms with Gasteiger partial charge in [-0.3, -0.25) is 4.98 Å². The van der Waals surface area contributed by atoms with Crippen molar-refractivity contribution >= 4 is 11.8 Å². The lowest BCUT2D eigenvalue weighted by molar-refractivity contribution is -0.274. The van der Waals surface area contributed by atoms with Gasteiger partial charge in [-0.2, -0.15) is 0 Å². The molecule has 3 atom stereocenters. The number of ether oxygens (including phenoxy) is 2. The third-order valence-electron chi connectivity index (χ3n) is 7.39. The Labute approximate surface area is 215 Å². The number of aromatic nitrogens is 3. The van der Waals surface area contributed by atoms with Crippen molar-refractivity contribution < 1.29 is 37.1 Å². The van der Waals surface area contributed by atoms with Gasteiger partial charge in [0, 0.05) is 29.1 Å². The first-order chi connectivity index (χ1) is 18.3. The molecule has 1 unspecified atom stereocenters. The zero-order valence-corrected chi connectivity index (χ0v) is 20.2. The fraction of sp³-hybridized carbons (Fsp3) is 0.462. The number of piperidine rings is 1. The van der Waals surface area contributed by atoms with Crippen LogP contribution >= 0.6 is 0 Å². The van der Waals surface area contributed by atoms with Crippen LogP contribution in [0.2, 0.25) is 0 Å². The van der Waals surface area contributed by atoms with Crippen molar-refractivity contribution in [1.29, 1.82) is 0 Å². The maximum atomic E-state index is 13.0. The number of carboxylic acids is 1. The Kier molecular flexibility index (Phi) is 6.21. The summed E-state index contributed by atoms with van der Waals surface area (Å²) in [6.07, 6.45) is 3.04. The van der Waals surface area contributed by atoms with E-state index in [1.807, 2.05) is 0 Å². The van der Waals surface area contributed by atoms with Crippen molar-refractivity contribution in [3.63, 3.8) is 0 Å². The molecule has 0 amide bonds. The molecule has 1 aliphatic carbocycles. The number of rotatable bonds is 8. The van der Waals surface area contributed by atoms with Crippen molar-refractivity contribution in [3.8, 4) is 17.0 Å². The number of hydrogen-bond donors (Lipinski definition) is 1. The molecule has 0 radical (unpaired) electrons. The van der Waals surface area contributed by atoms with E-state index in [1.54, 1.807) is 12.3 Å². The number of alkyl halides is 3. The molecule has 3 fully saturated rings. The highest BCUT2D eigenvalue weighted by molar-refractivity contribution is 5.85. The van der Waals surface area contributed by atoms with Crippen molar-refractivity contribution in [2.45, 2.75) is 75.6 Å². The first kappa shape index (κ1) is 24.7. The molecule has 2 bridgehead atoms. The minimum absolute atomic E-state index is 0.0872. The Morgan fingerprint density at radius 2 is 1.84 bits per heavy atom. The molecule has 38 heavy (non-hydrogen) atoms. The second-order valence-electron chi connectivity index (χ2n) is 9.96. The van der Waals surface area contributed by atoms with E-state index >= 15 is 0 Å². The standard InChI is InChI=1S/C26H25F3N4O5/c27-26(28,29)37-21-4-2-1-3-18(21)23-19(24(38-32-23)14-5-6-14)13-36-17-9-15-7-8-16(10-17)33(15)22-12-30-11-20(31-22)25(34)35/h1-4,11-12,14-17H,5-10,13H2,(H,34,35)/t15-,16+,17?. The van der Waals surface area contributed by atoms with Crippen LogP contribution in [0.1, 0.15) is 66.3 Å². The van der Waals surface area contributed by atoms with E-state index in [1.165, 1.54) is 24.4 Å². The van der Waals surface area contributed by atoms with Gasteiger partial charge in [0.15, 0.2) is 5.69 Å². The number of hydrogen-bond acceptors (Lipinski definition) is 8. The van der Waals surface area contributed by atoms with Crippen LogP contribution in [0.5, 0.6) is 5.75 Å². The third kappa shape index (κ3) is 4.92. The minimum atomic E-state index is -4.84. The largest absolute Gasteiger partial charge is 0.573 e. The minimum Gasteiger partial charge on any atom is -0.476 e. The van der Waals surface area contributed by atoms with Crippen molar-refractivity contribution in [2.24, 2.45) is 0 Å². The van der Waals surface area contributed by atoms with E-state index < -0.39 is 12.3 Å². The highest BCUT2D eigenvalue weighted by Gasteiger charge is 2.43. The summed E-state index contributed by atoms with van der Waals surface area (Å²) >= 11 is 0. The van der Waals surface area contributed by atoms with Gasteiger partial charge in [-0.25, -0.2) is 9.78 Å². The molecule has 2 saturated heterocycles. The van der Waals surface area contributed by atoms with Crippen LogP contribution in [-0.4, -0.2) is 50.8 Å². The second-order valence-corrected chi connectivity index (χ2v) is 9.96. The van der Waals surface area contributed by atoms with E-state index in [2.05, 4.69) is 24.8 Å². The van der Waals surface area contributed by atoms with Crippen LogP contribution in [0.4, 0.5) is 19.0 Å². The van der Waals surface area contributed by atoms with Crippen LogP contribution < -0.4 is 9.64 Å². The number of carboxylic acid groups (broad SMARTS) is 1. The van der Waals surface area contributed by atoms with Gasteiger partial charge in [-0.05, 0) is 50.7 Å². The topological polar surface area (TPSA) is 111 Å². The number of nitrogens with zero attached hydrogens (tertiary/aromatic N) is 4. The molecule has 9 nitrogen and oxygen atoms in total. The number of carbonyl (C=O) groups is 1. The first-order valence-electron chi connectivity index (χ1n) is 12.6. The summed E-state index contributed by atoms with van der Waals surface area (Å²) in [4.78, 5) is 21.8. The number of halogens is 3. The fourth-order valence-corrected chi connectivity index (χ4v) is 5.64. The normalized spacial score (nSPS) is 23.0. The number of benzene rings is 1. The number of fused-ring (bicyclic) bond motifs is 2. The summed E-state index contributed by atoms with van der Waals surface area (Å²) in [7, 11) is 0. The lowest BCUT2D eigenvalue weighted by Crippen LogP contribution is -2.46. The lowest BCUT2D eigenvalue weighted by Gasteiger charge is -2.39. The molecular weight excluding hydrogens is 505 g/mol. The highest BCUT2D eigenvalue weighted by Crippen LogP contribution is 2.46. The summed E-state index contributed by atoms with van der Waals surface area (Å²) < 4.78 is 55.3. The van der Waals surface area contributed by atoms with Crippen molar-refractivity contribution in [3.05, 3.63) is 53.7 Å². The van der Waals surface area contributed by atoms with E-state index in [0.29, 0.717) is 35.7 Å². The molecule has 1 saturated carbocycles. The Bertz CT molecular complexity index is 1330. The Morgan fingerprint density at radius 3 is 2.53 bits per heavy atom. The van der Waals surface area contributed by atoms with Gasteiger partial charge in [-0.15, -0.1) is 13.2 Å². The maximum Gasteiger partial charge on any atom is 0.573 e. The van der Waals surface area contributed by atoms with E-state index in [-0.39, 0.29) is 47.7 Å². The quantitative estimate of drug-likeness (QED) is 0.414. The molecule has 200 valence electrons. The molecule has 12 heteroatoms. The Balaban J connectivity index is 1.20. The predicted octanol–water partition coefficient (Wildman–Crippen LogP) is 5.32. The summed E-state index contributed by atoms with van der Waals surface area (Å²) in [5.74, 6) is -0.0721. The molecule has 4 heterocycles. The molecule has 0 spiro atoms. The van der Waals surface area contributed by atoms with Crippen LogP contribution in [0.25, 0.3) is 11.3 Å². The van der Waals surface area contributed by atoms with E-state index in [4.69, 9.17) is 9.26 Å². The van der Waals surface area contributed by atoms with Crippen LogP contribution in [-0.2, 0) is 11.3 Å². The lowest BCUT2D eigenvalue weighted by atomic mass is 9.99. The predicted molar refractivity (Wildman–Crippen MR) is 127 cm³/mol. The fourth-order valence-electron chi connectivity index (χ4n) is 5.64. The van der Waals surface area contributed by atoms with Crippen molar-refractivity contribution in [1.82, 2.24) is 15.1 Å². The average Bonchev–Trinajstić information content (AvgIpc) is 3.58. The number of anilines is 1.